The zero-order valence-corrected chi connectivity index (χ0v) is 14.5. The molecule has 1 aromatic heterocycles. The summed E-state index contributed by atoms with van der Waals surface area (Å²) in [7, 11) is 1.46. The van der Waals surface area contributed by atoms with Gasteiger partial charge in [0, 0.05) is 22.5 Å². The van der Waals surface area contributed by atoms with Crippen molar-refractivity contribution in [1.29, 1.82) is 5.26 Å². The Labute approximate surface area is 149 Å². The molecule has 0 aliphatic rings. The van der Waals surface area contributed by atoms with Crippen molar-refractivity contribution in [2.24, 2.45) is 0 Å². The highest BCUT2D eigenvalue weighted by Crippen LogP contribution is 2.26. The summed E-state index contributed by atoms with van der Waals surface area (Å²) in [6.07, 6.45) is -3.03. The molecule has 0 bridgehead atoms. The van der Waals surface area contributed by atoms with Gasteiger partial charge < -0.3 is 9.30 Å². The quantitative estimate of drug-likeness (QED) is 0.448. The van der Waals surface area contributed by atoms with Crippen molar-refractivity contribution in [3.63, 3.8) is 0 Å². The topological polar surface area (TPSA) is 55.0 Å². The molecule has 0 unspecified atom stereocenters. The number of rotatable bonds is 5. The van der Waals surface area contributed by atoms with Gasteiger partial charge in [-0.05, 0) is 32.1 Å². The number of aromatic nitrogens is 1. The van der Waals surface area contributed by atoms with Crippen LogP contribution < -0.4 is 4.74 Å². The molecule has 0 aliphatic heterocycles. The molecule has 0 N–H and O–H groups in total. The number of ketones is 1. The molecule has 2 aromatic rings. The number of methoxy groups -OCH3 is 1. The average Bonchev–Trinajstić information content (AvgIpc) is 2.86. The number of hydrogen-bond donors (Lipinski definition) is 0. The van der Waals surface area contributed by atoms with Crippen LogP contribution in [0.5, 0.6) is 5.75 Å². The lowest BCUT2D eigenvalue weighted by Gasteiger charge is -2.12. The van der Waals surface area contributed by atoms with Crippen LogP contribution in [0.4, 0.5) is 13.2 Å². The monoisotopic (exact) mass is 362 g/mol. The van der Waals surface area contributed by atoms with Gasteiger partial charge in [-0.3, -0.25) is 4.79 Å². The molecule has 0 saturated carbocycles. The number of halogens is 3. The molecule has 0 aliphatic carbocycles. The third-order valence-corrected chi connectivity index (χ3v) is 3.96. The Kier molecular flexibility index (Phi) is 5.56. The maximum absolute atomic E-state index is 12.7. The number of carbonyl (C=O) groups is 1. The fourth-order valence-electron chi connectivity index (χ4n) is 2.69. The molecular weight excluding hydrogens is 345 g/mol. The molecule has 0 radical (unpaired) electrons. The van der Waals surface area contributed by atoms with Crippen LogP contribution in [0.1, 0.15) is 27.3 Å². The predicted octanol–water partition coefficient (Wildman–Crippen LogP) is 4.47. The molecule has 0 atom stereocenters. The van der Waals surface area contributed by atoms with Crippen molar-refractivity contribution in [2.45, 2.75) is 26.6 Å². The van der Waals surface area contributed by atoms with Crippen molar-refractivity contribution in [2.75, 3.05) is 7.11 Å². The number of para-hydroxylation sites is 1. The fraction of sp³-hybridized carbons (Fsp3) is 0.263. The van der Waals surface area contributed by atoms with E-state index in [1.54, 1.807) is 24.3 Å². The smallest absolute Gasteiger partial charge is 0.406 e. The predicted molar refractivity (Wildman–Crippen MR) is 90.9 cm³/mol. The van der Waals surface area contributed by atoms with Gasteiger partial charge >= 0.3 is 6.18 Å². The van der Waals surface area contributed by atoms with Gasteiger partial charge in [0.15, 0.2) is 0 Å². The summed E-state index contributed by atoms with van der Waals surface area (Å²) >= 11 is 0. The van der Waals surface area contributed by atoms with E-state index in [0.29, 0.717) is 17.0 Å². The third-order valence-electron chi connectivity index (χ3n) is 3.96. The van der Waals surface area contributed by atoms with Crippen molar-refractivity contribution >= 4 is 11.9 Å². The van der Waals surface area contributed by atoms with Gasteiger partial charge in [0.2, 0.25) is 5.78 Å². The van der Waals surface area contributed by atoms with E-state index in [0.717, 1.165) is 4.57 Å². The molecule has 1 heterocycles. The first-order chi connectivity index (χ1) is 12.2. The molecule has 2 rings (SSSR count). The lowest BCUT2D eigenvalue weighted by atomic mass is 10.0. The minimum absolute atomic E-state index is 0.0782. The number of hydrogen-bond acceptors (Lipinski definition) is 3. The van der Waals surface area contributed by atoms with E-state index in [-0.39, 0.29) is 16.8 Å². The number of nitriles is 1. The van der Waals surface area contributed by atoms with Gasteiger partial charge in [-0.1, -0.05) is 18.2 Å². The molecule has 0 spiro atoms. The molecule has 0 amide bonds. The lowest BCUT2D eigenvalue weighted by molar-refractivity contribution is -0.141. The largest absolute Gasteiger partial charge is 0.496 e. The highest BCUT2D eigenvalue weighted by atomic mass is 19.4. The van der Waals surface area contributed by atoms with Crippen LogP contribution in [0.15, 0.2) is 35.9 Å². The summed E-state index contributed by atoms with van der Waals surface area (Å²) in [5.74, 6) is -0.143. The van der Waals surface area contributed by atoms with Crippen molar-refractivity contribution in [3.8, 4) is 11.8 Å². The van der Waals surface area contributed by atoms with Crippen LogP contribution in [-0.2, 0) is 6.54 Å². The summed E-state index contributed by atoms with van der Waals surface area (Å²) in [5, 5.41) is 9.37. The summed E-state index contributed by atoms with van der Waals surface area (Å²) in [6, 6.07) is 10.0. The molecule has 0 saturated heterocycles. The van der Waals surface area contributed by atoms with Gasteiger partial charge in [0.1, 0.15) is 23.9 Å². The normalized spacial score (nSPS) is 12.0. The van der Waals surface area contributed by atoms with Gasteiger partial charge in [-0.25, -0.2) is 0 Å². The Morgan fingerprint density at radius 1 is 1.31 bits per heavy atom. The minimum Gasteiger partial charge on any atom is -0.496 e. The number of benzene rings is 1. The van der Waals surface area contributed by atoms with Crippen LogP contribution in [-0.4, -0.2) is 23.6 Å². The first-order valence-corrected chi connectivity index (χ1v) is 7.71. The zero-order valence-electron chi connectivity index (χ0n) is 14.5. The Morgan fingerprint density at radius 2 is 1.96 bits per heavy atom. The maximum Gasteiger partial charge on any atom is 0.406 e. The van der Waals surface area contributed by atoms with Crippen LogP contribution in [0.25, 0.3) is 6.08 Å². The second kappa shape index (κ2) is 7.48. The number of allylic oxidation sites excluding steroid dienone is 1. The first-order valence-electron chi connectivity index (χ1n) is 7.71. The number of ether oxygens (including phenoxy) is 1. The Bertz CT molecular complexity index is 902. The molecule has 1 aromatic carbocycles. The SMILES string of the molecule is COc1ccccc1/C=C(\C#N)C(=O)c1cc(C)n(CC(F)(F)F)c1C. The summed E-state index contributed by atoms with van der Waals surface area (Å²) in [4.78, 5) is 12.7. The van der Waals surface area contributed by atoms with Crippen LogP contribution in [0.3, 0.4) is 0 Å². The number of Topliss-reactive ketones (excluding diaryl/α,β-unsaturated/α-hetero) is 1. The highest BCUT2D eigenvalue weighted by Gasteiger charge is 2.30. The van der Waals surface area contributed by atoms with Crippen molar-refractivity contribution in [3.05, 3.63) is 58.4 Å². The highest BCUT2D eigenvalue weighted by molar-refractivity contribution is 6.14. The fourth-order valence-corrected chi connectivity index (χ4v) is 2.69. The van der Waals surface area contributed by atoms with Crippen LogP contribution >= 0.6 is 0 Å². The lowest BCUT2D eigenvalue weighted by Crippen LogP contribution is -2.19. The van der Waals surface area contributed by atoms with E-state index < -0.39 is 18.5 Å². The second-order valence-corrected chi connectivity index (χ2v) is 5.73. The van der Waals surface area contributed by atoms with Crippen molar-refractivity contribution in [1.82, 2.24) is 4.57 Å². The Morgan fingerprint density at radius 3 is 2.54 bits per heavy atom. The minimum atomic E-state index is -4.40. The van der Waals surface area contributed by atoms with E-state index in [1.165, 1.54) is 33.1 Å². The standard InChI is InChI=1S/C19H17F3N2O2/c1-12-8-16(13(2)24(12)11-19(20,21)22)18(25)15(10-23)9-14-6-4-5-7-17(14)26-3/h4-9H,11H2,1-3H3/b15-9+. The van der Waals surface area contributed by atoms with Gasteiger partial charge in [0.25, 0.3) is 0 Å². The van der Waals surface area contributed by atoms with Gasteiger partial charge in [-0.2, -0.15) is 18.4 Å². The zero-order chi connectivity index (χ0) is 19.5. The van der Waals surface area contributed by atoms with E-state index in [9.17, 15) is 23.2 Å². The number of nitrogens with zero attached hydrogens (tertiary/aromatic N) is 2. The number of aryl methyl sites for hydroxylation is 1. The number of carbonyl (C=O) groups excluding carboxylic acids is 1. The molecule has 136 valence electrons. The van der Waals surface area contributed by atoms with Gasteiger partial charge in [0.05, 0.1) is 7.11 Å². The summed E-state index contributed by atoms with van der Waals surface area (Å²) in [5.41, 5.74) is 0.906. The Balaban J connectivity index is 2.46. The molecule has 26 heavy (non-hydrogen) atoms. The van der Waals surface area contributed by atoms with Crippen molar-refractivity contribution < 1.29 is 22.7 Å². The summed E-state index contributed by atoms with van der Waals surface area (Å²) in [6.45, 7) is 1.74. The van der Waals surface area contributed by atoms with Crippen LogP contribution in [0, 0.1) is 25.2 Å². The molecule has 0 fully saturated rings. The average molecular weight is 362 g/mol. The number of alkyl halides is 3. The van der Waals surface area contributed by atoms with E-state index in [1.807, 2.05) is 6.07 Å². The van der Waals surface area contributed by atoms with Gasteiger partial charge in [-0.15, -0.1) is 0 Å². The third kappa shape index (κ3) is 4.14. The molecule has 7 heteroatoms. The van der Waals surface area contributed by atoms with E-state index in [2.05, 4.69) is 0 Å². The van der Waals surface area contributed by atoms with Crippen LogP contribution in [0.2, 0.25) is 0 Å². The van der Waals surface area contributed by atoms with E-state index in [4.69, 9.17) is 4.74 Å². The summed E-state index contributed by atoms with van der Waals surface area (Å²) < 4.78 is 44.4. The Hall–Kier alpha value is -3.01. The van der Waals surface area contributed by atoms with E-state index >= 15 is 0 Å². The maximum atomic E-state index is 12.7. The molecular formula is C19H17F3N2O2. The first kappa shape index (κ1) is 19.3. The molecule has 4 nitrogen and oxygen atoms in total. The second-order valence-electron chi connectivity index (χ2n) is 5.73.